The summed E-state index contributed by atoms with van der Waals surface area (Å²) < 4.78 is 13.3. The summed E-state index contributed by atoms with van der Waals surface area (Å²) in [6, 6.07) is 7.67. The summed E-state index contributed by atoms with van der Waals surface area (Å²) in [5.41, 5.74) is 1.42. The molecule has 2 heteroatoms. The van der Waals surface area contributed by atoms with E-state index >= 15 is 0 Å². The van der Waals surface area contributed by atoms with Crippen molar-refractivity contribution in [2.24, 2.45) is 5.41 Å². The van der Waals surface area contributed by atoms with Crippen molar-refractivity contribution in [2.45, 2.75) is 45.6 Å². The zero-order valence-corrected chi connectivity index (χ0v) is 11.0. The molecule has 1 aromatic rings. The van der Waals surface area contributed by atoms with E-state index in [1.54, 1.807) is 6.07 Å². The van der Waals surface area contributed by atoms with Crippen LogP contribution >= 0.6 is 0 Å². The molecular weight excluding hydrogens is 213 g/mol. The van der Waals surface area contributed by atoms with Crippen LogP contribution in [0.15, 0.2) is 24.3 Å². The Bertz CT molecular complexity index is 390. The predicted molar refractivity (Wildman–Crippen MR) is 69.6 cm³/mol. The van der Waals surface area contributed by atoms with Gasteiger partial charge in [-0.25, -0.2) is 4.39 Å². The van der Waals surface area contributed by atoms with Crippen LogP contribution in [-0.4, -0.2) is 12.6 Å². The fourth-order valence-corrected chi connectivity index (χ4v) is 3.15. The second-order valence-corrected chi connectivity index (χ2v) is 5.31. The van der Waals surface area contributed by atoms with Crippen molar-refractivity contribution in [1.82, 2.24) is 5.32 Å². The topological polar surface area (TPSA) is 12.0 Å². The van der Waals surface area contributed by atoms with E-state index in [-0.39, 0.29) is 11.2 Å². The van der Waals surface area contributed by atoms with Crippen LogP contribution in [0.3, 0.4) is 0 Å². The highest BCUT2D eigenvalue weighted by atomic mass is 19.1. The highest BCUT2D eigenvalue weighted by Gasteiger charge is 2.50. The molecule has 17 heavy (non-hydrogen) atoms. The lowest BCUT2D eigenvalue weighted by Gasteiger charge is -2.55. The van der Waals surface area contributed by atoms with Crippen LogP contribution < -0.4 is 5.32 Å². The Hall–Kier alpha value is -0.890. The minimum atomic E-state index is -0.118. The molecule has 0 amide bonds. The highest BCUT2D eigenvalue weighted by Crippen LogP contribution is 2.54. The van der Waals surface area contributed by atoms with Gasteiger partial charge in [-0.1, -0.05) is 32.9 Å². The third-order valence-corrected chi connectivity index (χ3v) is 4.53. The number of rotatable bonds is 4. The first-order chi connectivity index (χ1) is 8.11. The Morgan fingerprint density at radius 1 is 1.41 bits per heavy atom. The molecule has 1 nitrogen and oxygen atoms in total. The van der Waals surface area contributed by atoms with E-state index in [1.165, 1.54) is 6.07 Å². The second kappa shape index (κ2) is 4.77. The number of halogens is 1. The molecule has 0 bridgehead atoms. The van der Waals surface area contributed by atoms with E-state index in [0.717, 1.165) is 24.9 Å². The molecule has 94 valence electrons. The van der Waals surface area contributed by atoms with Crippen LogP contribution in [0.25, 0.3) is 0 Å². The molecule has 1 N–H and O–H groups in total. The van der Waals surface area contributed by atoms with Crippen molar-refractivity contribution < 1.29 is 4.39 Å². The van der Waals surface area contributed by atoms with Gasteiger partial charge in [-0.2, -0.15) is 0 Å². The lowest BCUT2D eigenvalue weighted by Crippen LogP contribution is -2.56. The van der Waals surface area contributed by atoms with E-state index in [4.69, 9.17) is 0 Å². The van der Waals surface area contributed by atoms with Crippen molar-refractivity contribution in [1.29, 1.82) is 0 Å². The van der Waals surface area contributed by atoms with Crippen molar-refractivity contribution in [3.05, 3.63) is 35.6 Å². The maximum atomic E-state index is 13.3. The molecule has 0 heterocycles. The van der Waals surface area contributed by atoms with E-state index in [0.29, 0.717) is 12.0 Å². The van der Waals surface area contributed by atoms with Crippen molar-refractivity contribution in [3.8, 4) is 0 Å². The van der Waals surface area contributed by atoms with E-state index in [2.05, 4.69) is 32.2 Å². The Kier molecular flexibility index (Phi) is 3.53. The standard InChI is InChI=1S/C15H22FN/c1-4-15(3)13(10-14(15)17-5-2)11-7-6-8-12(16)9-11/h6-9,13-14,17H,4-5,10H2,1-3H3. The normalized spacial score (nSPS) is 32.2. The molecule has 1 saturated carbocycles. The van der Waals surface area contributed by atoms with Crippen LogP contribution in [0.1, 0.15) is 45.1 Å². The minimum Gasteiger partial charge on any atom is -0.314 e. The molecule has 3 atom stereocenters. The minimum absolute atomic E-state index is 0.118. The van der Waals surface area contributed by atoms with E-state index in [9.17, 15) is 4.39 Å². The summed E-state index contributed by atoms with van der Waals surface area (Å²) in [6.45, 7) is 7.71. The average molecular weight is 235 g/mol. The van der Waals surface area contributed by atoms with Crippen LogP contribution in [0.2, 0.25) is 0 Å². The molecule has 1 aliphatic carbocycles. The molecule has 0 saturated heterocycles. The predicted octanol–water partition coefficient (Wildman–Crippen LogP) is 3.71. The maximum Gasteiger partial charge on any atom is 0.123 e. The molecule has 3 unspecified atom stereocenters. The summed E-state index contributed by atoms with van der Waals surface area (Å²) in [6.07, 6.45) is 2.26. The summed E-state index contributed by atoms with van der Waals surface area (Å²) >= 11 is 0. The number of benzene rings is 1. The lowest BCUT2D eigenvalue weighted by atomic mass is 9.54. The average Bonchev–Trinajstić information content (AvgIpc) is 2.32. The van der Waals surface area contributed by atoms with Crippen LogP contribution in [-0.2, 0) is 0 Å². The molecular formula is C15H22FN. The van der Waals surface area contributed by atoms with Gasteiger partial charge in [-0.3, -0.25) is 0 Å². The van der Waals surface area contributed by atoms with Gasteiger partial charge in [0.25, 0.3) is 0 Å². The second-order valence-electron chi connectivity index (χ2n) is 5.31. The summed E-state index contributed by atoms with van der Waals surface area (Å²) in [5.74, 6) is 0.375. The van der Waals surface area contributed by atoms with Crippen LogP contribution in [0, 0.1) is 11.2 Å². The van der Waals surface area contributed by atoms with Crippen LogP contribution in [0.5, 0.6) is 0 Å². The Morgan fingerprint density at radius 3 is 2.76 bits per heavy atom. The van der Waals surface area contributed by atoms with Gasteiger partial charge < -0.3 is 5.32 Å². The SMILES string of the molecule is CCNC1CC(c2cccc(F)c2)C1(C)CC. The van der Waals surface area contributed by atoms with Crippen molar-refractivity contribution in [3.63, 3.8) is 0 Å². The van der Waals surface area contributed by atoms with E-state index in [1.807, 2.05) is 6.07 Å². The van der Waals surface area contributed by atoms with Gasteiger partial charge in [0.05, 0.1) is 0 Å². The van der Waals surface area contributed by atoms with Gasteiger partial charge in [0, 0.05) is 6.04 Å². The van der Waals surface area contributed by atoms with Crippen LogP contribution in [0.4, 0.5) is 4.39 Å². The summed E-state index contributed by atoms with van der Waals surface area (Å²) in [5, 5.41) is 3.54. The molecule has 0 radical (unpaired) electrons. The largest absolute Gasteiger partial charge is 0.314 e. The lowest BCUT2D eigenvalue weighted by molar-refractivity contribution is 0.0454. The molecule has 2 rings (SSSR count). The molecule has 1 aliphatic rings. The Labute approximate surface area is 103 Å². The molecule has 1 fully saturated rings. The van der Waals surface area contributed by atoms with Gasteiger partial charge in [0.1, 0.15) is 5.82 Å². The quantitative estimate of drug-likeness (QED) is 0.839. The molecule has 0 spiro atoms. The molecule has 0 aromatic heterocycles. The number of hydrogen-bond acceptors (Lipinski definition) is 1. The zero-order valence-electron chi connectivity index (χ0n) is 11.0. The number of nitrogens with one attached hydrogen (secondary N) is 1. The third-order valence-electron chi connectivity index (χ3n) is 4.53. The fraction of sp³-hybridized carbons (Fsp3) is 0.600. The smallest absolute Gasteiger partial charge is 0.123 e. The summed E-state index contributed by atoms with van der Waals surface area (Å²) in [4.78, 5) is 0. The van der Waals surface area contributed by atoms with Gasteiger partial charge in [0.2, 0.25) is 0 Å². The number of hydrogen-bond donors (Lipinski definition) is 1. The van der Waals surface area contributed by atoms with Gasteiger partial charge >= 0.3 is 0 Å². The molecule has 0 aliphatic heterocycles. The first kappa shape index (κ1) is 12.6. The van der Waals surface area contributed by atoms with Gasteiger partial charge in [-0.15, -0.1) is 0 Å². The fourth-order valence-electron chi connectivity index (χ4n) is 3.15. The Morgan fingerprint density at radius 2 is 2.18 bits per heavy atom. The maximum absolute atomic E-state index is 13.3. The first-order valence-corrected chi connectivity index (χ1v) is 6.60. The Balaban J connectivity index is 2.19. The van der Waals surface area contributed by atoms with Crippen molar-refractivity contribution in [2.75, 3.05) is 6.54 Å². The molecule has 1 aromatic carbocycles. The van der Waals surface area contributed by atoms with Gasteiger partial charge in [-0.05, 0) is 48.4 Å². The van der Waals surface area contributed by atoms with E-state index < -0.39 is 0 Å². The third kappa shape index (κ3) is 2.11. The summed E-state index contributed by atoms with van der Waals surface area (Å²) in [7, 11) is 0. The van der Waals surface area contributed by atoms with Gasteiger partial charge in [0.15, 0.2) is 0 Å². The highest BCUT2D eigenvalue weighted by molar-refractivity contribution is 5.28. The zero-order chi connectivity index (χ0) is 12.5. The van der Waals surface area contributed by atoms with Crippen molar-refractivity contribution >= 4 is 0 Å². The first-order valence-electron chi connectivity index (χ1n) is 6.60. The monoisotopic (exact) mass is 235 g/mol.